The lowest BCUT2D eigenvalue weighted by atomic mass is 10.1. The molecule has 0 amide bonds. The maximum Gasteiger partial charge on any atom is 0.267 e. The van der Waals surface area contributed by atoms with Crippen LogP contribution >= 0.6 is 11.3 Å². The molecule has 0 radical (unpaired) electrons. The monoisotopic (exact) mass is 360 g/mol. The summed E-state index contributed by atoms with van der Waals surface area (Å²) in [6, 6.07) is 22.9. The third-order valence-electron chi connectivity index (χ3n) is 3.97. The standard InChI is InChI=1S/C20H16N4OS/c21-20-22-18(15-9-5-2-6-10-15)19(26-20)16-11-12-17(25)24(23-16)13-14-7-3-1-4-8-14/h1-12H,13H2,(H2,21,22). The number of thiazole rings is 1. The maximum absolute atomic E-state index is 12.2. The van der Waals surface area contributed by atoms with Gasteiger partial charge in [0.2, 0.25) is 0 Å². The molecule has 0 saturated heterocycles. The van der Waals surface area contributed by atoms with E-state index in [1.54, 1.807) is 6.07 Å². The van der Waals surface area contributed by atoms with Crippen LogP contribution in [0.2, 0.25) is 0 Å². The van der Waals surface area contributed by atoms with E-state index in [2.05, 4.69) is 10.1 Å². The SMILES string of the molecule is Nc1nc(-c2ccccc2)c(-c2ccc(=O)n(Cc3ccccc3)n2)s1. The van der Waals surface area contributed by atoms with E-state index in [4.69, 9.17) is 5.73 Å². The molecular formula is C20H16N4OS. The summed E-state index contributed by atoms with van der Waals surface area (Å²) < 4.78 is 1.47. The highest BCUT2D eigenvalue weighted by atomic mass is 32.1. The van der Waals surface area contributed by atoms with Crippen LogP contribution in [0.4, 0.5) is 5.13 Å². The molecule has 2 aromatic carbocycles. The van der Waals surface area contributed by atoms with Crippen LogP contribution in [-0.4, -0.2) is 14.8 Å². The number of benzene rings is 2. The van der Waals surface area contributed by atoms with E-state index in [0.717, 1.165) is 21.7 Å². The summed E-state index contributed by atoms with van der Waals surface area (Å²) in [5, 5.41) is 5.03. The molecule has 0 unspecified atom stereocenters. The first-order valence-electron chi connectivity index (χ1n) is 8.15. The first-order valence-corrected chi connectivity index (χ1v) is 8.96. The van der Waals surface area contributed by atoms with Gasteiger partial charge in [-0.25, -0.2) is 9.67 Å². The van der Waals surface area contributed by atoms with Gasteiger partial charge < -0.3 is 5.73 Å². The number of nitrogen functional groups attached to an aromatic ring is 1. The summed E-state index contributed by atoms with van der Waals surface area (Å²) in [4.78, 5) is 17.5. The molecule has 2 heterocycles. The zero-order valence-corrected chi connectivity index (χ0v) is 14.7. The van der Waals surface area contributed by atoms with Crippen molar-refractivity contribution in [2.24, 2.45) is 0 Å². The zero-order valence-electron chi connectivity index (χ0n) is 13.9. The second-order valence-electron chi connectivity index (χ2n) is 5.80. The van der Waals surface area contributed by atoms with Gasteiger partial charge in [0, 0.05) is 11.6 Å². The van der Waals surface area contributed by atoms with Gasteiger partial charge in [0.1, 0.15) is 5.69 Å². The van der Waals surface area contributed by atoms with Crippen molar-refractivity contribution in [3.05, 3.63) is 88.7 Å². The lowest BCUT2D eigenvalue weighted by molar-refractivity contribution is 0.643. The van der Waals surface area contributed by atoms with Crippen molar-refractivity contribution in [2.75, 3.05) is 5.73 Å². The predicted molar refractivity (Wildman–Crippen MR) is 105 cm³/mol. The molecule has 0 aliphatic heterocycles. The molecule has 5 nitrogen and oxygen atoms in total. The highest BCUT2D eigenvalue weighted by molar-refractivity contribution is 7.19. The van der Waals surface area contributed by atoms with Gasteiger partial charge in [0.25, 0.3) is 5.56 Å². The Bertz CT molecular complexity index is 1090. The fourth-order valence-electron chi connectivity index (χ4n) is 2.74. The third-order valence-corrected chi connectivity index (χ3v) is 4.87. The maximum atomic E-state index is 12.2. The normalized spacial score (nSPS) is 10.8. The number of aromatic nitrogens is 3. The van der Waals surface area contributed by atoms with E-state index in [9.17, 15) is 4.79 Å². The number of hydrogen-bond acceptors (Lipinski definition) is 5. The Balaban J connectivity index is 1.78. The van der Waals surface area contributed by atoms with Gasteiger partial charge in [0.15, 0.2) is 5.13 Å². The molecule has 0 spiro atoms. The summed E-state index contributed by atoms with van der Waals surface area (Å²) in [6.45, 7) is 0.419. The van der Waals surface area contributed by atoms with Gasteiger partial charge in [-0.1, -0.05) is 72.0 Å². The fourth-order valence-corrected chi connectivity index (χ4v) is 3.56. The molecule has 26 heavy (non-hydrogen) atoms. The number of nitrogens with two attached hydrogens (primary N) is 1. The van der Waals surface area contributed by atoms with Gasteiger partial charge in [-0.15, -0.1) is 0 Å². The first-order chi connectivity index (χ1) is 12.7. The van der Waals surface area contributed by atoms with Gasteiger partial charge in [0.05, 0.1) is 17.1 Å². The largest absolute Gasteiger partial charge is 0.375 e. The Morgan fingerprint density at radius 2 is 1.62 bits per heavy atom. The van der Waals surface area contributed by atoms with Crippen LogP contribution in [0.1, 0.15) is 5.56 Å². The van der Waals surface area contributed by atoms with E-state index in [1.165, 1.54) is 22.1 Å². The molecule has 128 valence electrons. The number of rotatable bonds is 4. The van der Waals surface area contributed by atoms with Crippen LogP contribution in [0.25, 0.3) is 21.8 Å². The Hall–Kier alpha value is -3.25. The molecule has 0 saturated carbocycles. The van der Waals surface area contributed by atoms with Crippen molar-refractivity contribution in [1.82, 2.24) is 14.8 Å². The van der Waals surface area contributed by atoms with Crippen molar-refractivity contribution in [3.8, 4) is 21.8 Å². The third kappa shape index (κ3) is 3.27. The Morgan fingerprint density at radius 1 is 0.923 bits per heavy atom. The number of hydrogen-bond donors (Lipinski definition) is 1. The Morgan fingerprint density at radius 3 is 2.35 bits per heavy atom. The molecule has 2 N–H and O–H groups in total. The van der Waals surface area contributed by atoms with Crippen LogP contribution in [0.5, 0.6) is 0 Å². The quantitative estimate of drug-likeness (QED) is 0.603. The summed E-state index contributed by atoms with van der Waals surface area (Å²) >= 11 is 1.37. The van der Waals surface area contributed by atoms with Crippen molar-refractivity contribution in [1.29, 1.82) is 0 Å². The first kappa shape index (κ1) is 16.2. The van der Waals surface area contributed by atoms with Crippen molar-refractivity contribution < 1.29 is 0 Å². The summed E-state index contributed by atoms with van der Waals surface area (Å²) in [7, 11) is 0. The highest BCUT2D eigenvalue weighted by Crippen LogP contribution is 2.36. The zero-order chi connectivity index (χ0) is 17.9. The lowest BCUT2D eigenvalue weighted by Crippen LogP contribution is -2.22. The van der Waals surface area contributed by atoms with Crippen LogP contribution in [0, 0.1) is 0 Å². The summed E-state index contributed by atoms with van der Waals surface area (Å²) in [6.07, 6.45) is 0. The molecule has 6 heteroatoms. The lowest BCUT2D eigenvalue weighted by Gasteiger charge is -2.07. The fraction of sp³-hybridized carbons (Fsp3) is 0.0500. The smallest absolute Gasteiger partial charge is 0.267 e. The summed E-state index contributed by atoms with van der Waals surface area (Å²) in [5.41, 5.74) is 9.28. The van der Waals surface area contributed by atoms with Gasteiger partial charge in [-0.05, 0) is 11.6 Å². The van der Waals surface area contributed by atoms with Gasteiger partial charge in [-0.2, -0.15) is 5.10 Å². The van der Waals surface area contributed by atoms with E-state index in [1.807, 2.05) is 60.7 Å². The van der Waals surface area contributed by atoms with Crippen molar-refractivity contribution in [3.63, 3.8) is 0 Å². The van der Waals surface area contributed by atoms with Gasteiger partial charge in [-0.3, -0.25) is 4.79 Å². The molecule has 0 aliphatic carbocycles. The predicted octanol–water partition coefficient (Wildman–Crippen LogP) is 3.66. The summed E-state index contributed by atoms with van der Waals surface area (Å²) in [5.74, 6) is 0. The van der Waals surface area contributed by atoms with E-state index < -0.39 is 0 Å². The van der Waals surface area contributed by atoms with E-state index >= 15 is 0 Å². The second kappa shape index (κ2) is 6.93. The minimum atomic E-state index is -0.142. The average molecular weight is 360 g/mol. The van der Waals surface area contributed by atoms with Crippen molar-refractivity contribution in [2.45, 2.75) is 6.54 Å². The number of nitrogens with zero attached hydrogens (tertiary/aromatic N) is 3. The minimum absolute atomic E-state index is 0.142. The van der Waals surface area contributed by atoms with E-state index in [0.29, 0.717) is 17.4 Å². The van der Waals surface area contributed by atoms with Crippen LogP contribution in [0.3, 0.4) is 0 Å². The van der Waals surface area contributed by atoms with Crippen LogP contribution in [0.15, 0.2) is 77.6 Å². The minimum Gasteiger partial charge on any atom is -0.375 e. The number of anilines is 1. The van der Waals surface area contributed by atoms with Gasteiger partial charge >= 0.3 is 0 Å². The molecule has 0 aliphatic rings. The molecule has 0 fully saturated rings. The molecule has 2 aromatic heterocycles. The van der Waals surface area contributed by atoms with Crippen LogP contribution in [-0.2, 0) is 6.54 Å². The average Bonchev–Trinajstić information content (AvgIpc) is 3.07. The molecule has 0 bridgehead atoms. The second-order valence-corrected chi connectivity index (χ2v) is 6.83. The van der Waals surface area contributed by atoms with Crippen LogP contribution < -0.4 is 11.3 Å². The van der Waals surface area contributed by atoms with E-state index in [-0.39, 0.29) is 5.56 Å². The Kier molecular flexibility index (Phi) is 4.33. The molecule has 4 aromatic rings. The van der Waals surface area contributed by atoms with Crippen molar-refractivity contribution >= 4 is 16.5 Å². The molecule has 0 atom stereocenters. The molecule has 4 rings (SSSR count). The highest BCUT2D eigenvalue weighted by Gasteiger charge is 2.16. The topological polar surface area (TPSA) is 73.8 Å². The molecular weight excluding hydrogens is 344 g/mol. The Labute approximate surface area is 154 Å².